The Hall–Kier alpha value is -1.39. The highest BCUT2D eigenvalue weighted by molar-refractivity contribution is 5.86. The normalized spacial score (nSPS) is 13.3. The van der Waals surface area contributed by atoms with E-state index in [-0.39, 0.29) is 18.5 Å². The fraction of sp³-hybridized carbons (Fsp3) is 0.500. The number of aryl methyl sites for hydroxylation is 1. The van der Waals surface area contributed by atoms with E-state index in [0.717, 1.165) is 24.2 Å². The van der Waals surface area contributed by atoms with Crippen LogP contribution in [-0.2, 0) is 7.05 Å². The van der Waals surface area contributed by atoms with E-state index in [9.17, 15) is 9.50 Å². The van der Waals surface area contributed by atoms with E-state index in [4.69, 9.17) is 0 Å². The summed E-state index contributed by atoms with van der Waals surface area (Å²) in [5, 5.41) is 10.4. The fourth-order valence-electron chi connectivity index (χ4n) is 2.94. The molecule has 1 atom stereocenters. The summed E-state index contributed by atoms with van der Waals surface area (Å²) in [6, 6.07) is 5.61. The van der Waals surface area contributed by atoms with E-state index >= 15 is 0 Å². The molecule has 0 aliphatic carbocycles. The van der Waals surface area contributed by atoms with Crippen molar-refractivity contribution < 1.29 is 9.50 Å². The highest BCUT2D eigenvalue weighted by atomic mass is 19.1. The standard InChI is InChI=1S/C16H23FN2O/c1-5-19(6-2)14(10-20)12-8-7-9-13-15(12)16(17)11(3)18(13)4/h7-9,14,20H,5-6,10H2,1-4H3. The van der Waals surface area contributed by atoms with Gasteiger partial charge in [-0.05, 0) is 31.6 Å². The number of aliphatic hydroxyl groups is 1. The number of fused-ring (bicyclic) bond motifs is 1. The lowest BCUT2D eigenvalue weighted by Crippen LogP contribution is -2.31. The van der Waals surface area contributed by atoms with Crippen molar-refractivity contribution in [1.82, 2.24) is 9.47 Å². The van der Waals surface area contributed by atoms with Crippen molar-refractivity contribution in [3.8, 4) is 0 Å². The topological polar surface area (TPSA) is 28.4 Å². The highest BCUT2D eigenvalue weighted by Crippen LogP contribution is 2.32. The molecule has 1 aromatic carbocycles. The fourth-order valence-corrected chi connectivity index (χ4v) is 2.94. The molecule has 0 fully saturated rings. The van der Waals surface area contributed by atoms with Gasteiger partial charge in [-0.3, -0.25) is 4.90 Å². The minimum absolute atomic E-state index is 0.00578. The summed E-state index contributed by atoms with van der Waals surface area (Å²) in [6.45, 7) is 7.54. The second-order valence-corrected chi connectivity index (χ2v) is 5.12. The van der Waals surface area contributed by atoms with Gasteiger partial charge in [0.05, 0.1) is 23.9 Å². The van der Waals surface area contributed by atoms with Crippen molar-refractivity contribution >= 4 is 10.9 Å². The first-order valence-electron chi connectivity index (χ1n) is 7.15. The van der Waals surface area contributed by atoms with Crippen LogP contribution in [0.25, 0.3) is 10.9 Å². The molecule has 0 aliphatic heterocycles. The van der Waals surface area contributed by atoms with Gasteiger partial charge in [0.1, 0.15) is 0 Å². The Morgan fingerprint density at radius 3 is 2.50 bits per heavy atom. The SMILES string of the molecule is CCN(CC)C(CO)c1cccc2c1c(F)c(C)n2C. The predicted molar refractivity (Wildman–Crippen MR) is 80.4 cm³/mol. The molecule has 0 radical (unpaired) electrons. The lowest BCUT2D eigenvalue weighted by molar-refractivity contribution is 0.134. The molecule has 0 saturated carbocycles. The zero-order valence-corrected chi connectivity index (χ0v) is 12.7. The predicted octanol–water partition coefficient (Wildman–Crippen LogP) is 3.00. The van der Waals surface area contributed by atoms with Crippen LogP contribution in [0.15, 0.2) is 18.2 Å². The number of aliphatic hydroxyl groups excluding tert-OH is 1. The number of halogens is 1. The van der Waals surface area contributed by atoms with Crippen LogP contribution in [0.5, 0.6) is 0 Å². The van der Waals surface area contributed by atoms with Gasteiger partial charge in [0, 0.05) is 12.4 Å². The van der Waals surface area contributed by atoms with Gasteiger partial charge in [0.15, 0.2) is 5.82 Å². The van der Waals surface area contributed by atoms with E-state index in [0.29, 0.717) is 11.1 Å². The van der Waals surface area contributed by atoms with E-state index in [1.54, 1.807) is 6.92 Å². The number of rotatable bonds is 5. The summed E-state index contributed by atoms with van der Waals surface area (Å²) in [5.41, 5.74) is 2.38. The Kier molecular flexibility index (Phi) is 4.45. The average molecular weight is 278 g/mol. The number of aromatic nitrogens is 1. The number of likely N-dealkylation sites (N-methyl/N-ethyl adjacent to an activating group) is 1. The largest absolute Gasteiger partial charge is 0.394 e. The Morgan fingerprint density at radius 1 is 1.30 bits per heavy atom. The summed E-state index contributed by atoms with van der Waals surface area (Å²) in [5.74, 6) is -0.177. The van der Waals surface area contributed by atoms with Crippen LogP contribution in [0, 0.1) is 12.7 Å². The Morgan fingerprint density at radius 2 is 1.95 bits per heavy atom. The quantitative estimate of drug-likeness (QED) is 0.910. The monoisotopic (exact) mass is 278 g/mol. The lowest BCUT2D eigenvalue weighted by atomic mass is 10.0. The third-order valence-corrected chi connectivity index (χ3v) is 4.26. The molecule has 1 unspecified atom stereocenters. The first-order chi connectivity index (χ1) is 9.56. The average Bonchev–Trinajstić information content (AvgIpc) is 2.70. The second-order valence-electron chi connectivity index (χ2n) is 5.12. The molecule has 0 bridgehead atoms. The summed E-state index contributed by atoms with van der Waals surface area (Å²) >= 11 is 0. The first-order valence-corrected chi connectivity index (χ1v) is 7.15. The van der Waals surface area contributed by atoms with E-state index in [1.807, 2.05) is 29.8 Å². The summed E-state index contributed by atoms with van der Waals surface area (Å²) < 4.78 is 16.4. The molecule has 1 aromatic heterocycles. The van der Waals surface area contributed by atoms with E-state index in [1.165, 1.54) is 0 Å². The molecule has 110 valence electrons. The van der Waals surface area contributed by atoms with Crippen molar-refractivity contribution in [3.63, 3.8) is 0 Å². The summed E-state index contributed by atoms with van der Waals surface area (Å²) in [6.07, 6.45) is 0. The Labute approximate surface area is 119 Å². The van der Waals surface area contributed by atoms with Crippen LogP contribution in [0.4, 0.5) is 4.39 Å². The number of hydrogen-bond acceptors (Lipinski definition) is 2. The van der Waals surface area contributed by atoms with Gasteiger partial charge in [-0.1, -0.05) is 26.0 Å². The maximum absolute atomic E-state index is 14.5. The van der Waals surface area contributed by atoms with Crippen molar-refractivity contribution in [1.29, 1.82) is 0 Å². The molecule has 0 amide bonds. The molecule has 2 rings (SSSR count). The van der Waals surface area contributed by atoms with Gasteiger partial charge in [0.25, 0.3) is 0 Å². The molecule has 2 aromatic rings. The maximum Gasteiger partial charge on any atom is 0.151 e. The van der Waals surface area contributed by atoms with Gasteiger partial charge < -0.3 is 9.67 Å². The minimum Gasteiger partial charge on any atom is -0.394 e. The van der Waals surface area contributed by atoms with Crippen molar-refractivity contribution in [2.45, 2.75) is 26.8 Å². The van der Waals surface area contributed by atoms with Gasteiger partial charge >= 0.3 is 0 Å². The number of hydrogen-bond donors (Lipinski definition) is 1. The molecule has 4 heteroatoms. The van der Waals surface area contributed by atoms with E-state index in [2.05, 4.69) is 18.7 Å². The van der Waals surface area contributed by atoms with Crippen LogP contribution < -0.4 is 0 Å². The van der Waals surface area contributed by atoms with Crippen LogP contribution >= 0.6 is 0 Å². The van der Waals surface area contributed by atoms with Gasteiger partial charge in [-0.2, -0.15) is 0 Å². The lowest BCUT2D eigenvalue weighted by Gasteiger charge is -2.29. The smallest absolute Gasteiger partial charge is 0.151 e. The van der Waals surface area contributed by atoms with Crippen molar-refractivity contribution in [2.75, 3.05) is 19.7 Å². The Bertz CT molecular complexity index is 602. The summed E-state index contributed by atoms with van der Waals surface area (Å²) in [4.78, 5) is 2.15. The molecule has 3 nitrogen and oxygen atoms in total. The molecular formula is C16H23FN2O. The second kappa shape index (κ2) is 5.94. The molecule has 20 heavy (non-hydrogen) atoms. The zero-order chi connectivity index (χ0) is 14.9. The highest BCUT2D eigenvalue weighted by Gasteiger charge is 2.23. The van der Waals surface area contributed by atoms with Crippen LogP contribution in [0.3, 0.4) is 0 Å². The molecule has 1 N–H and O–H groups in total. The van der Waals surface area contributed by atoms with E-state index < -0.39 is 0 Å². The minimum atomic E-state index is -0.177. The zero-order valence-electron chi connectivity index (χ0n) is 12.7. The van der Waals surface area contributed by atoms with Gasteiger partial charge in [-0.15, -0.1) is 0 Å². The Balaban J connectivity index is 2.67. The summed E-state index contributed by atoms with van der Waals surface area (Å²) in [7, 11) is 1.87. The molecule has 1 heterocycles. The van der Waals surface area contributed by atoms with Crippen LogP contribution in [-0.4, -0.2) is 34.3 Å². The molecule has 0 aliphatic rings. The van der Waals surface area contributed by atoms with Gasteiger partial charge in [0.2, 0.25) is 0 Å². The van der Waals surface area contributed by atoms with Crippen LogP contribution in [0.1, 0.15) is 31.1 Å². The number of benzene rings is 1. The molecule has 0 saturated heterocycles. The third-order valence-electron chi connectivity index (χ3n) is 4.26. The van der Waals surface area contributed by atoms with Crippen molar-refractivity contribution in [3.05, 3.63) is 35.3 Å². The van der Waals surface area contributed by atoms with Gasteiger partial charge in [-0.25, -0.2) is 4.39 Å². The molecular weight excluding hydrogens is 255 g/mol. The number of nitrogens with zero attached hydrogens (tertiary/aromatic N) is 2. The third kappa shape index (κ3) is 2.23. The maximum atomic E-state index is 14.5. The van der Waals surface area contributed by atoms with Crippen molar-refractivity contribution in [2.24, 2.45) is 7.05 Å². The first kappa shape index (κ1) is 15.0. The molecule has 0 spiro atoms. The van der Waals surface area contributed by atoms with Crippen LogP contribution in [0.2, 0.25) is 0 Å².